The molecule has 3 rings (SSSR count). The summed E-state index contributed by atoms with van der Waals surface area (Å²) in [5.41, 5.74) is 1.54. The molecule has 1 aliphatic heterocycles. The molecule has 1 heterocycles. The molecule has 0 aromatic heterocycles. The van der Waals surface area contributed by atoms with Crippen molar-refractivity contribution in [2.75, 3.05) is 25.7 Å². The Balaban J connectivity index is 1.64. The summed E-state index contributed by atoms with van der Waals surface area (Å²) < 4.78 is 10.4. The average molecular weight is 389 g/mol. The van der Waals surface area contributed by atoms with Gasteiger partial charge in [0.1, 0.15) is 11.5 Å². The van der Waals surface area contributed by atoms with Crippen LogP contribution in [0.3, 0.4) is 0 Å². The predicted molar refractivity (Wildman–Crippen MR) is 103 cm³/mol. The van der Waals surface area contributed by atoms with E-state index in [1.54, 1.807) is 30.2 Å². The molecule has 1 N–H and O–H groups in total. The first-order valence-electron chi connectivity index (χ1n) is 8.57. The van der Waals surface area contributed by atoms with E-state index in [1.807, 2.05) is 24.3 Å². The number of nitrogens with one attached hydrogen (secondary N) is 1. The van der Waals surface area contributed by atoms with Crippen LogP contribution in [0.25, 0.3) is 0 Å². The molecule has 0 aliphatic carbocycles. The highest BCUT2D eigenvalue weighted by molar-refractivity contribution is 6.32. The second-order valence-corrected chi connectivity index (χ2v) is 6.66. The molecule has 1 atom stereocenters. The maximum Gasteiger partial charge on any atom is 0.227 e. The van der Waals surface area contributed by atoms with Gasteiger partial charge in [0, 0.05) is 30.8 Å². The summed E-state index contributed by atoms with van der Waals surface area (Å²) in [5, 5.41) is 3.32. The standard InChI is InChI=1S/C20H21ClN2O4/c1-26-17-6-4-3-5-13(17)11-22-20(25)14-9-19(24)23(12-14)15-7-8-18(27-2)16(21)10-15/h3-8,10,14H,9,11-12H2,1-2H3,(H,22,25). The van der Waals surface area contributed by atoms with Crippen molar-refractivity contribution in [3.05, 3.63) is 53.1 Å². The fraction of sp³-hybridized carbons (Fsp3) is 0.300. The van der Waals surface area contributed by atoms with Crippen LogP contribution in [-0.2, 0) is 16.1 Å². The monoisotopic (exact) mass is 388 g/mol. The van der Waals surface area contributed by atoms with Crippen LogP contribution in [0.5, 0.6) is 11.5 Å². The minimum atomic E-state index is -0.409. The van der Waals surface area contributed by atoms with Crippen LogP contribution in [-0.4, -0.2) is 32.6 Å². The third kappa shape index (κ3) is 4.17. The Bertz CT molecular complexity index is 856. The van der Waals surface area contributed by atoms with E-state index in [4.69, 9.17) is 21.1 Å². The van der Waals surface area contributed by atoms with Gasteiger partial charge in [0.05, 0.1) is 25.2 Å². The summed E-state index contributed by atoms with van der Waals surface area (Å²) in [4.78, 5) is 26.5. The Morgan fingerprint density at radius 1 is 1.19 bits per heavy atom. The highest BCUT2D eigenvalue weighted by Gasteiger charge is 2.35. The van der Waals surface area contributed by atoms with Gasteiger partial charge in [-0.05, 0) is 24.3 Å². The zero-order valence-electron chi connectivity index (χ0n) is 15.2. The van der Waals surface area contributed by atoms with E-state index in [-0.39, 0.29) is 18.2 Å². The van der Waals surface area contributed by atoms with E-state index in [0.717, 1.165) is 11.3 Å². The first kappa shape index (κ1) is 19.0. The van der Waals surface area contributed by atoms with Crippen molar-refractivity contribution >= 4 is 29.1 Å². The smallest absolute Gasteiger partial charge is 0.227 e. The Morgan fingerprint density at radius 2 is 1.93 bits per heavy atom. The highest BCUT2D eigenvalue weighted by atomic mass is 35.5. The van der Waals surface area contributed by atoms with Gasteiger partial charge >= 0.3 is 0 Å². The number of carbonyl (C=O) groups excluding carboxylic acids is 2. The number of para-hydroxylation sites is 1. The van der Waals surface area contributed by atoms with Gasteiger partial charge in [0.25, 0.3) is 0 Å². The lowest BCUT2D eigenvalue weighted by molar-refractivity contribution is -0.126. The van der Waals surface area contributed by atoms with E-state index >= 15 is 0 Å². The van der Waals surface area contributed by atoms with E-state index in [2.05, 4.69) is 5.32 Å². The van der Waals surface area contributed by atoms with Crippen molar-refractivity contribution in [2.45, 2.75) is 13.0 Å². The molecule has 0 radical (unpaired) electrons. The van der Waals surface area contributed by atoms with Crippen LogP contribution < -0.4 is 19.7 Å². The van der Waals surface area contributed by atoms with Crippen molar-refractivity contribution in [1.29, 1.82) is 0 Å². The van der Waals surface area contributed by atoms with Crippen molar-refractivity contribution < 1.29 is 19.1 Å². The number of methoxy groups -OCH3 is 2. The summed E-state index contributed by atoms with van der Waals surface area (Å²) in [7, 11) is 3.12. The van der Waals surface area contributed by atoms with Crippen molar-refractivity contribution in [2.24, 2.45) is 5.92 Å². The normalized spacial score (nSPS) is 16.3. The minimum absolute atomic E-state index is 0.103. The van der Waals surface area contributed by atoms with Gasteiger partial charge in [-0.25, -0.2) is 0 Å². The first-order valence-corrected chi connectivity index (χ1v) is 8.94. The van der Waals surface area contributed by atoms with Crippen LogP contribution in [0, 0.1) is 5.92 Å². The second-order valence-electron chi connectivity index (χ2n) is 6.25. The van der Waals surface area contributed by atoms with Crippen LogP contribution in [0.15, 0.2) is 42.5 Å². The Labute approximate surface area is 163 Å². The van der Waals surface area contributed by atoms with Crippen LogP contribution >= 0.6 is 11.6 Å². The molecule has 2 amide bonds. The van der Waals surface area contributed by atoms with Gasteiger partial charge in [-0.15, -0.1) is 0 Å². The maximum absolute atomic E-state index is 12.5. The Hall–Kier alpha value is -2.73. The van der Waals surface area contributed by atoms with Crippen molar-refractivity contribution in [3.8, 4) is 11.5 Å². The summed E-state index contributed by atoms with van der Waals surface area (Å²) in [5.74, 6) is 0.589. The molecule has 2 aromatic rings. The maximum atomic E-state index is 12.5. The topological polar surface area (TPSA) is 67.9 Å². The molecule has 2 aromatic carbocycles. The summed E-state index contributed by atoms with van der Waals surface area (Å²) in [6.07, 6.45) is 0.168. The van der Waals surface area contributed by atoms with Crippen molar-refractivity contribution in [1.82, 2.24) is 5.32 Å². The zero-order valence-corrected chi connectivity index (χ0v) is 16.0. The largest absolute Gasteiger partial charge is 0.496 e. The zero-order chi connectivity index (χ0) is 19.4. The Kier molecular flexibility index (Phi) is 5.86. The molecule has 1 aliphatic rings. The molecule has 1 unspecified atom stereocenters. The number of hydrogen-bond donors (Lipinski definition) is 1. The van der Waals surface area contributed by atoms with Gasteiger partial charge in [0.2, 0.25) is 11.8 Å². The fourth-order valence-corrected chi connectivity index (χ4v) is 3.38. The lowest BCUT2D eigenvalue weighted by Gasteiger charge is -2.18. The number of amides is 2. The van der Waals surface area contributed by atoms with Gasteiger partial charge < -0.3 is 19.7 Å². The number of halogens is 1. The molecule has 0 spiro atoms. The van der Waals surface area contributed by atoms with E-state index in [9.17, 15) is 9.59 Å². The molecular formula is C20H21ClN2O4. The molecule has 1 fully saturated rings. The molecule has 7 heteroatoms. The van der Waals surface area contributed by atoms with Gasteiger partial charge in [-0.3, -0.25) is 9.59 Å². The van der Waals surface area contributed by atoms with Crippen LogP contribution in [0.1, 0.15) is 12.0 Å². The number of rotatable bonds is 6. The van der Waals surface area contributed by atoms with Gasteiger partial charge in [-0.2, -0.15) is 0 Å². The van der Waals surface area contributed by atoms with Gasteiger partial charge in [-0.1, -0.05) is 29.8 Å². The summed E-state index contributed by atoms with van der Waals surface area (Å²) in [6.45, 7) is 0.668. The predicted octanol–water partition coefficient (Wildman–Crippen LogP) is 3.03. The Morgan fingerprint density at radius 3 is 2.63 bits per heavy atom. The quantitative estimate of drug-likeness (QED) is 0.826. The summed E-state index contributed by atoms with van der Waals surface area (Å²) >= 11 is 6.15. The number of hydrogen-bond acceptors (Lipinski definition) is 4. The third-order valence-electron chi connectivity index (χ3n) is 4.59. The number of ether oxygens (including phenoxy) is 2. The van der Waals surface area contributed by atoms with Crippen LogP contribution in [0.2, 0.25) is 5.02 Å². The average Bonchev–Trinajstić information content (AvgIpc) is 3.08. The second kappa shape index (κ2) is 8.31. The molecule has 27 heavy (non-hydrogen) atoms. The highest BCUT2D eigenvalue weighted by Crippen LogP contribution is 2.32. The fourth-order valence-electron chi connectivity index (χ4n) is 3.13. The minimum Gasteiger partial charge on any atom is -0.496 e. The lowest BCUT2D eigenvalue weighted by atomic mass is 10.1. The molecule has 6 nitrogen and oxygen atoms in total. The molecular weight excluding hydrogens is 368 g/mol. The number of carbonyl (C=O) groups is 2. The van der Waals surface area contributed by atoms with Gasteiger partial charge in [0.15, 0.2) is 0 Å². The molecule has 0 saturated carbocycles. The molecule has 142 valence electrons. The van der Waals surface area contributed by atoms with E-state index < -0.39 is 5.92 Å². The summed E-state index contributed by atoms with van der Waals surface area (Å²) in [6, 6.07) is 12.6. The number of benzene rings is 2. The SMILES string of the molecule is COc1ccc(N2CC(C(=O)NCc3ccccc3OC)CC2=O)cc1Cl. The van der Waals surface area contributed by atoms with E-state index in [1.165, 1.54) is 7.11 Å². The molecule has 1 saturated heterocycles. The number of anilines is 1. The van der Waals surface area contributed by atoms with Crippen molar-refractivity contribution in [3.63, 3.8) is 0 Å². The van der Waals surface area contributed by atoms with E-state index in [0.29, 0.717) is 29.5 Å². The first-order chi connectivity index (χ1) is 13.0. The molecule has 0 bridgehead atoms. The lowest BCUT2D eigenvalue weighted by Crippen LogP contribution is -2.32. The number of nitrogens with zero attached hydrogens (tertiary/aromatic N) is 1. The third-order valence-corrected chi connectivity index (χ3v) is 4.88. The van der Waals surface area contributed by atoms with Crippen LogP contribution in [0.4, 0.5) is 5.69 Å².